The zero-order chi connectivity index (χ0) is 22.7. The second-order valence-electron chi connectivity index (χ2n) is 4.67. The Hall–Kier alpha value is -1.23. The van der Waals surface area contributed by atoms with Gasteiger partial charge >= 0.3 is 47.8 Å². The van der Waals surface area contributed by atoms with Crippen LogP contribution in [0.2, 0.25) is 0 Å². The summed E-state index contributed by atoms with van der Waals surface area (Å²) in [6.45, 7) is 0. The van der Waals surface area contributed by atoms with Gasteiger partial charge in [0.15, 0.2) is 0 Å². The van der Waals surface area contributed by atoms with Crippen molar-refractivity contribution < 1.29 is 79.4 Å². The third-order valence-electron chi connectivity index (χ3n) is 2.98. The predicted octanol–water partition coefficient (Wildman–Crippen LogP) is 5.60. The normalized spacial score (nSPS) is 18.4. The van der Waals surface area contributed by atoms with Gasteiger partial charge in [-0.1, -0.05) is 0 Å². The molecule has 0 aliphatic carbocycles. The molecule has 0 radical (unpaired) electrons. The van der Waals surface area contributed by atoms with Crippen molar-refractivity contribution in [3.05, 3.63) is 0 Å². The SMILES string of the molecule is COC(F)(C(F)(F)F)C(F)(F)C(F)(F)C(F)(F)C(F)(F)C(F)(F)C(F)(F)F. The minimum absolute atomic E-state index is 0.780. The van der Waals surface area contributed by atoms with E-state index < -0.39 is 54.9 Å². The molecule has 0 fully saturated rings. The van der Waals surface area contributed by atoms with Crippen LogP contribution < -0.4 is 0 Å². The van der Waals surface area contributed by atoms with E-state index in [9.17, 15) is 74.6 Å². The minimum atomic E-state index is -8.57. The van der Waals surface area contributed by atoms with E-state index in [1.54, 1.807) is 0 Å². The molecule has 0 N–H and O–H groups in total. The summed E-state index contributed by atoms with van der Waals surface area (Å²) in [7, 11) is -0.780. The van der Waals surface area contributed by atoms with Crippen LogP contribution in [0.15, 0.2) is 0 Å². The van der Waals surface area contributed by atoms with E-state index in [0.717, 1.165) is 0 Å². The van der Waals surface area contributed by atoms with Crippen LogP contribution in [0.3, 0.4) is 0 Å². The van der Waals surface area contributed by atoms with Crippen LogP contribution >= 0.6 is 0 Å². The summed E-state index contributed by atoms with van der Waals surface area (Å²) in [5.41, 5.74) is 0. The van der Waals surface area contributed by atoms with Crippen molar-refractivity contribution in [1.29, 1.82) is 0 Å². The predicted molar refractivity (Wildman–Crippen MR) is 47.7 cm³/mol. The molecular weight excluding hydrogens is 447 g/mol. The third kappa shape index (κ3) is 3.06. The molecule has 0 aromatic carbocycles. The highest BCUT2D eigenvalue weighted by Crippen LogP contribution is 2.63. The number of hydrogen-bond donors (Lipinski definition) is 0. The topological polar surface area (TPSA) is 9.23 Å². The highest BCUT2D eigenvalue weighted by Gasteiger charge is 2.95. The molecule has 0 heterocycles. The van der Waals surface area contributed by atoms with Crippen molar-refractivity contribution in [2.45, 2.75) is 47.8 Å². The van der Waals surface area contributed by atoms with Gasteiger partial charge in [-0.3, -0.25) is 0 Å². The largest absolute Gasteiger partial charge is 0.460 e. The summed E-state index contributed by atoms with van der Waals surface area (Å²) in [5, 5.41) is 0. The van der Waals surface area contributed by atoms with E-state index in [-0.39, 0.29) is 0 Å². The highest BCUT2D eigenvalue weighted by atomic mass is 19.4. The van der Waals surface area contributed by atoms with Crippen molar-refractivity contribution in [2.75, 3.05) is 7.11 Å². The van der Waals surface area contributed by atoms with Gasteiger partial charge < -0.3 is 4.74 Å². The molecule has 1 atom stereocenters. The van der Waals surface area contributed by atoms with Crippen LogP contribution in [0.1, 0.15) is 0 Å². The van der Waals surface area contributed by atoms with E-state index in [1.165, 1.54) is 0 Å². The summed E-state index contributed by atoms with van der Waals surface area (Å²) < 4.78 is 216. The summed E-state index contributed by atoms with van der Waals surface area (Å²) in [6.07, 6.45) is -15.1. The fourth-order valence-corrected chi connectivity index (χ4v) is 1.39. The van der Waals surface area contributed by atoms with Gasteiger partial charge in [-0.25, -0.2) is 0 Å². The van der Waals surface area contributed by atoms with Crippen LogP contribution in [-0.4, -0.2) is 54.9 Å². The molecule has 0 rings (SSSR count). The number of hydrogen-bond acceptors (Lipinski definition) is 1. The van der Waals surface area contributed by atoms with Gasteiger partial charge in [0.05, 0.1) is 0 Å². The molecule has 0 aromatic rings. The molecule has 0 amide bonds. The first kappa shape index (κ1) is 25.8. The molecule has 0 aliphatic heterocycles. The maximum atomic E-state index is 13.2. The Kier molecular flexibility index (Phi) is 5.85. The number of rotatable bonds is 6. The Bertz CT molecular complexity index is 542. The number of methoxy groups -OCH3 is 1. The van der Waals surface area contributed by atoms with Gasteiger partial charge in [0.2, 0.25) is 0 Å². The average molecular weight is 450 g/mol. The zero-order valence-corrected chi connectivity index (χ0v) is 11.8. The molecule has 27 heavy (non-hydrogen) atoms. The molecule has 1 unspecified atom stereocenters. The molecular formula is C9H3F17O. The van der Waals surface area contributed by atoms with Crippen LogP contribution in [0.5, 0.6) is 0 Å². The molecule has 0 aliphatic rings. The van der Waals surface area contributed by atoms with Gasteiger partial charge in [-0.05, 0) is 0 Å². The van der Waals surface area contributed by atoms with Crippen molar-refractivity contribution in [1.82, 2.24) is 0 Å². The molecule has 0 spiro atoms. The summed E-state index contributed by atoms with van der Waals surface area (Å²) >= 11 is 0. The van der Waals surface area contributed by atoms with Crippen molar-refractivity contribution >= 4 is 0 Å². The van der Waals surface area contributed by atoms with Crippen LogP contribution in [0.4, 0.5) is 74.6 Å². The van der Waals surface area contributed by atoms with Gasteiger partial charge in [-0.15, -0.1) is 0 Å². The zero-order valence-electron chi connectivity index (χ0n) is 11.8. The lowest BCUT2D eigenvalue weighted by Crippen LogP contribution is -2.75. The summed E-state index contributed by atoms with van der Waals surface area (Å²) in [4.78, 5) is 0. The van der Waals surface area contributed by atoms with Crippen LogP contribution in [-0.2, 0) is 4.74 Å². The monoisotopic (exact) mass is 450 g/mol. The number of alkyl halides is 17. The van der Waals surface area contributed by atoms with Gasteiger partial charge in [0.1, 0.15) is 0 Å². The van der Waals surface area contributed by atoms with Crippen molar-refractivity contribution in [3.8, 4) is 0 Å². The van der Waals surface area contributed by atoms with Crippen LogP contribution in [0.25, 0.3) is 0 Å². The quantitative estimate of drug-likeness (QED) is 0.479. The molecule has 1 nitrogen and oxygen atoms in total. The summed E-state index contributed by atoms with van der Waals surface area (Å²) in [5.74, 6) is -48.9. The number of halogens is 17. The smallest absolute Gasteiger partial charge is 0.337 e. The van der Waals surface area contributed by atoms with E-state index in [1.807, 2.05) is 0 Å². The maximum absolute atomic E-state index is 13.2. The minimum Gasteiger partial charge on any atom is -0.337 e. The Morgan fingerprint density at radius 1 is 0.370 bits per heavy atom. The lowest BCUT2D eigenvalue weighted by atomic mass is 9.90. The number of ether oxygens (including phenoxy) is 1. The molecule has 0 aromatic heterocycles. The Balaban J connectivity index is 6.73. The fraction of sp³-hybridized carbons (Fsp3) is 1.00. The van der Waals surface area contributed by atoms with E-state index in [2.05, 4.69) is 4.74 Å². The highest BCUT2D eigenvalue weighted by molar-refractivity contribution is 5.14. The summed E-state index contributed by atoms with van der Waals surface area (Å²) in [6, 6.07) is 0. The van der Waals surface area contributed by atoms with Gasteiger partial charge in [-0.2, -0.15) is 74.6 Å². The Morgan fingerprint density at radius 3 is 0.852 bits per heavy atom. The molecule has 18 heteroatoms. The van der Waals surface area contributed by atoms with E-state index >= 15 is 0 Å². The second-order valence-corrected chi connectivity index (χ2v) is 4.67. The molecule has 164 valence electrons. The Morgan fingerprint density at radius 2 is 0.630 bits per heavy atom. The maximum Gasteiger partial charge on any atom is 0.460 e. The van der Waals surface area contributed by atoms with E-state index in [0.29, 0.717) is 0 Å². The van der Waals surface area contributed by atoms with Crippen LogP contribution in [0, 0.1) is 0 Å². The first-order valence-electron chi connectivity index (χ1n) is 5.58. The van der Waals surface area contributed by atoms with Crippen molar-refractivity contribution in [2.24, 2.45) is 0 Å². The molecule has 0 saturated carbocycles. The second kappa shape index (κ2) is 6.13. The van der Waals surface area contributed by atoms with Gasteiger partial charge in [0, 0.05) is 7.11 Å². The fourth-order valence-electron chi connectivity index (χ4n) is 1.39. The lowest BCUT2D eigenvalue weighted by Gasteiger charge is -2.43. The Labute approximate surface area is 136 Å². The van der Waals surface area contributed by atoms with Crippen molar-refractivity contribution in [3.63, 3.8) is 0 Å². The standard InChI is InChI=1S/C9H3F17O/c1-27-7(20,9(24,25)26)5(16,17)3(12,13)2(10,11)4(14,15)6(18,19)8(21,22)23/h1H3. The lowest BCUT2D eigenvalue weighted by molar-refractivity contribution is -0.480. The third-order valence-corrected chi connectivity index (χ3v) is 2.98. The molecule has 0 saturated heterocycles. The van der Waals surface area contributed by atoms with Gasteiger partial charge in [0.25, 0.3) is 0 Å². The molecule has 0 bridgehead atoms. The van der Waals surface area contributed by atoms with E-state index in [4.69, 9.17) is 0 Å². The average Bonchev–Trinajstić information content (AvgIpc) is 2.42. The first-order chi connectivity index (χ1) is 11.3. The first-order valence-corrected chi connectivity index (χ1v) is 5.58.